The summed E-state index contributed by atoms with van der Waals surface area (Å²) in [6.45, 7) is 3.81. The van der Waals surface area contributed by atoms with Gasteiger partial charge in [0.1, 0.15) is 0 Å². The Morgan fingerprint density at radius 3 is 2.00 bits per heavy atom. The van der Waals surface area contributed by atoms with Gasteiger partial charge in [0.2, 0.25) is 17.8 Å². The van der Waals surface area contributed by atoms with Gasteiger partial charge in [0.25, 0.3) is 5.91 Å². The van der Waals surface area contributed by atoms with Crippen LogP contribution in [0.5, 0.6) is 0 Å². The highest BCUT2D eigenvalue weighted by Crippen LogP contribution is 2.22. The molecule has 4 rings (SSSR count). The maximum atomic E-state index is 12.5. The van der Waals surface area contributed by atoms with Crippen LogP contribution in [0.15, 0.2) is 28.7 Å². The number of aromatic nitrogens is 3. The molecule has 2 fully saturated rings. The number of benzene rings is 1. The first-order valence-electron chi connectivity index (χ1n) is 10.3. The van der Waals surface area contributed by atoms with Gasteiger partial charge in [-0.25, -0.2) is 0 Å². The van der Waals surface area contributed by atoms with Gasteiger partial charge < -0.3 is 9.80 Å². The van der Waals surface area contributed by atoms with Gasteiger partial charge in [-0.3, -0.25) is 15.6 Å². The minimum atomic E-state index is -0.245. The number of anilines is 3. The van der Waals surface area contributed by atoms with Crippen molar-refractivity contribution in [2.75, 3.05) is 41.4 Å². The maximum absolute atomic E-state index is 12.5. The zero-order valence-electron chi connectivity index (χ0n) is 16.4. The molecule has 1 amide bonds. The number of carbonyl (C=O) groups excluding carboxylic acids is 1. The zero-order chi connectivity index (χ0) is 20.1. The zero-order valence-corrected chi connectivity index (χ0v) is 18.0. The van der Waals surface area contributed by atoms with E-state index in [1.807, 2.05) is 12.1 Å². The van der Waals surface area contributed by atoms with E-state index < -0.39 is 0 Å². The standard InChI is InChI=1S/C20H26BrN7O/c21-16-9-7-8-15(14-16)17(29)25-26-18-22-19(27-10-3-1-4-11-27)24-20(23-18)28-12-5-2-6-13-28/h7-9,14H,1-6,10-13H2,(H,25,29)(H,22,23,24,26). The van der Waals surface area contributed by atoms with E-state index in [0.717, 1.165) is 56.3 Å². The molecule has 154 valence electrons. The van der Waals surface area contributed by atoms with E-state index in [1.165, 1.54) is 12.8 Å². The molecule has 0 saturated carbocycles. The molecule has 29 heavy (non-hydrogen) atoms. The third-order valence-electron chi connectivity index (χ3n) is 5.26. The Morgan fingerprint density at radius 1 is 0.862 bits per heavy atom. The lowest BCUT2D eigenvalue weighted by molar-refractivity contribution is 0.0962. The predicted molar refractivity (Wildman–Crippen MR) is 117 cm³/mol. The van der Waals surface area contributed by atoms with Crippen LogP contribution in [0.1, 0.15) is 48.9 Å². The number of carbonyl (C=O) groups is 1. The molecule has 0 unspecified atom stereocenters. The van der Waals surface area contributed by atoms with Gasteiger partial charge in [-0.15, -0.1) is 0 Å². The summed E-state index contributed by atoms with van der Waals surface area (Å²) in [5.41, 5.74) is 6.14. The van der Waals surface area contributed by atoms with Gasteiger partial charge >= 0.3 is 0 Å². The lowest BCUT2D eigenvalue weighted by atomic mass is 10.1. The second-order valence-corrected chi connectivity index (χ2v) is 8.36. The second kappa shape index (κ2) is 9.39. The van der Waals surface area contributed by atoms with Gasteiger partial charge in [0.15, 0.2) is 0 Å². The maximum Gasteiger partial charge on any atom is 0.269 e. The molecule has 0 radical (unpaired) electrons. The van der Waals surface area contributed by atoms with E-state index in [0.29, 0.717) is 23.4 Å². The first kappa shape index (κ1) is 19.9. The highest BCUT2D eigenvalue weighted by Gasteiger charge is 2.20. The summed E-state index contributed by atoms with van der Waals surface area (Å²) < 4.78 is 0.852. The Hall–Kier alpha value is -2.42. The fraction of sp³-hybridized carbons (Fsp3) is 0.500. The van der Waals surface area contributed by atoms with Gasteiger partial charge in [0, 0.05) is 36.2 Å². The Bertz CT molecular complexity index is 814. The smallest absolute Gasteiger partial charge is 0.269 e. The van der Waals surface area contributed by atoms with Crippen LogP contribution in [0.25, 0.3) is 0 Å². The molecule has 0 aliphatic carbocycles. The van der Waals surface area contributed by atoms with Crippen molar-refractivity contribution in [3.63, 3.8) is 0 Å². The summed E-state index contributed by atoms with van der Waals surface area (Å²) in [5.74, 6) is 1.48. The quantitative estimate of drug-likeness (QED) is 0.662. The summed E-state index contributed by atoms with van der Waals surface area (Å²) in [7, 11) is 0. The molecule has 2 aliphatic rings. The van der Waals surface area contributed by atoms with Crippen LogP contribution in [0.2, 0.25) is 0 Å². The van der Waals surface area contributed by atoms with Crippen molar-refractivity contribution < 1.29 is 4.79 Å². The number of piperidine rings is 2. The van der Waals surface area contributed by atoms with Crippen molar-refractivity contribution in [1.82, 2.24) is 20.4 Å². The molecule has 9 heteroatoms. The number of hydrazine groups is 1. The van der Waals surface area contributed by atoms with Gasteiger partial charge in [-0.2, -0.15) is 15.0 Å². The lowest BCUT2D eigenvalue weighted by Gasteiger charge is -2.30. The number of halogens is 1. The van der Waals surface area contributed by atoms with Crippen LogP contribution >= 0.6 is 15.9 Å². The summed E-state index contributed by atoms with van der Waals surface area (Å²) in [5, 5.41) is 0. The normalized spacial score (nSPS) is 17.1. The first-order chi connectivity index (χ1) is 14.2. The average Bonchev–Trinajstić information content (AvgIpc) is 2.78. The number of hydrogen-bond donors (Lipinski definition) is 2. The van der Waals surface area contributed by atoms with Crippen LogP contribution in [-0.4, -0.2) is 47.0 Å². The van der Waals surface area contributed by atoms with Crippen LogP contribution in [0, 0.1) is 0 Å². The molecule has 1 aromatic heterocycles. The molecule has 0 atom stereocenters. The molecule has 2 N–H and O–H groups in total. The molecule has 0 spiro atoms. The second-order valence-electron chi connectivity index (χ2n) is 7.44. The number of hydrogen-bond acceptors (Lipinski definition) is 7. The largest absolute Gasteiger partial charge is 0.341 e. The molecule has 1 aromatic carbocycles. The molecular formula is C20H26BrN7O. The van der Waals surface area contributed by atoms with Crippen molar-refractivity contribution in [2.45, 2.75) is 38.5 Å². The van der Waals surface area contributed by atoms with Gasteiger partial charge in [-0.1, -0.05) is 22.0 Å². The number of rotatable bonds is 5. The molecular weight excluding hydrogens is 434 g/mol. The Labute approximate surface area is 179 Å². The van der Waals surface area contributed by atoms with Crippen LogP contribution in [-0.2, 0) is 0 Å². The minimum absolute atomic E-state index is 0.245. The summed E-state index contributed by atoms with van der Waals surface area (Å²) in [4.78, 5) is 30.8. The highest BCUT2D eigenvalue weighted by atomic mass is 79.9. The summed E-state index contributed by atoms with van der Waals surface area (Å²) in [6, 6.07) is 7.23. The summed E-state index contributed by atoms with van der Waals surface area (Å²) >= 11 is 3.39. The third kappa shape index (κ3) is 5.14. The molecule has 2 saturated heterocycles. The van der Waals surface area contributed by atoms with Crippen LogP contribution in [0.3, 0.4) is 0 Å². The fourth-order valence-corrected chi connectivity index (χ4v) is 4.09. The van der Waals surface area contributed by atoms with E-state index in [-0.39, 0.29) is 5.91 Å². The first-order valence-corrected chi connectivity index (χ1v) is 11.1. The van der Waals surface area contributed by atoms with E-state index in [2.05, 4.69) is 46.5 Å². The highest BCUT2D eigenvalue weighted by molar-refractivity contribution is 9.10. The summed E-state index contributed by atoms with van der Waals surface area (Å²) in [6.07, 6.45) is 7.07. The number of amides is 1. The van der Waals surface area contributed by atoms with E-state index >= 15 is 0 Å². The molecule has 2 aliphatic heterocycles. The molecule has 8 nitrogen and oxygen atoms in total. The van der Waals surface area contributed by atoms with Gasteiger partial charge in [0.05, 0.1) is 0 Å². The Morgan fingerprint density at radius 2 is 1.45 bits per heavy atom. The molecule has 2 aromatic rings. The average molecular weight is 460 g/mol. The Balaban J connectivity index is 1.53. The minimum Gasteiger partial charge on any atom is -0.341 e. The number of nitrogens with zero attached hydrogens (tertiary/aromatic N) is 5. The van der Waals surface area contributed by atoms with Crippen molar-refractivity contribution in [1.29, 1.82) is 0 Å². The van der Waals surface area contributed by atoms with Crippen LogP contribution in [0.4, 0.5) is 17.8 Å². The van der Waals surface area contributed by atoms with Gasteiger partial charge in [-0.05, 0) is 56.7 Å². The lowest BCUT2D eigenvalue weighted by Crippen LogP contribution is -2.36. The van der Waals surface area contributed by atoms with E-state index in [9.17, 15) is 4.79 Å². The predicted octanol–water partition coefficient (Wildman–Crippen LogP) is 3.37. The Kier molecular flexibility index (Phi) is 6.43. The van der Waals surface area contributed by atoms with Crippen molar-refractivity contribution in [3.8, 4) is 0 Å². The molecule has 3 heterocycles. The molecule has 0 bridgehead atoms. The van der Waals surface area contributed by atoms with E-state index in [1.54, 1.807) is 12.1 Å². The fourth-order valence-electron chi connectivity index (χ4n) is 3.69. The van der Waals surface area contributed by atoms with Crippen LogP contribution < -0.4 is 20.7 Å². The monoisotopic (exact) mass is 459 g/mol. The van der Waals surface area contributed by atoms with Crippen molar-refractivity contribution >= 4 is 39.7 Å². The third-order valence-corrected chi connectivity index (χ3v) is 5.76. The topological polar surface area (TPSA) is 86.3 Å². The van der Waals surface area contributed by atoms with E-state index in [4.69, 9.17) is 4.98 Å². The van der Waals surface area contributed by atoms with Crippen molar-refractivity contribution in [2.24, 2.45) is 0 Å². The number of nitrogens with one attached hydrogen (secondary N) is 2. The SMILES string of the molecule is O=C(NNc1nc(N2CCCCC2)nc(N2CCCCC2)n1)c1cccc(Br)c1. The van der Waals surface area contributed by atoms with Crippen molar-refractivity contribution in [3.05, 3.63) is 34.3 Å².